The maximum absolute atomic E-state index is 12.6. The highest BCUT2D eigenvalue weighted by Gasteiger charge is 2.26. The van der Waals surface area contributed by atoms with Crippen molar-refractivity contribution in [2.75, 3.05) is 18.8 Å². The van der Waals surface area contributed by atoms with Gasteiger partial charge >= 0.3 is 5.69 Å². The Balaban J connectivity index is 1.87. The van der Waals surface area contributed by atoms with Gasteiger partial charge in [-0.05, 0) is 19.9 Å². The highest BCUT2D eigenvalue weighted by molar-refractivity contribution is 8.00. The molecule has 0 bridgehead atoms. The van der Waals surface area contributed by atoms with Crippen LogP contribution in [-0.4, -0.2) is 56.0 Å². The number of ether oxygens (including phenoxy) is 1. The number of aromatic nitrogens is 3. The summed E-state index contributed by atoms with van der Waals surface area (Å²) >= 11 is 1.29. The number of pyridine rings is 1. The van der Waals surface area contributed by atoms with Gasteiger partial charge in [0.15, 0.2) is 0 Å². The van der Waals surface area contributed by atoms with Crippen molar-refractivity contribution in [2.24, 2.45) is 14.1 Å². The summed E-state index contributed by atoms with van der Waals surface area (Å²) in [6.45, 7) is 5.03. The van der Waals surface area contributed by atoms with Crippen LogP contribution in [0.15, 0.2) is 26.7 Å². The van der Waals surface area contributed by atoms with Crippen LogP contribution in [0.1, 0.15) is 13.8 Å². The molecule has 9 heteroatoms. The Morgan fingerprint density at radius 1 is 1.23 bits per heavy atom. The molecule has 3 heterocycles. The summed E-state index contributed by atoms with van der Waals surface area (Å²) in [6.07, 6.45) is 1.57. The molecule has 2 aromatic rings. The maximum atomic E-state index is 12.6. The average Bonchev–Trinajstić information content (AvgIpc) is 2.61. The van der Waals surface area contributed by atoms with Gasteiger partial charge < -0.3 is 9.64 Å². The van der Waals surface area contributed by atoms with E-state index < -0.39 is 11.2 Å². The molecule has 1 fully saturated rings. The molecule has 1 aliphatic rings. The van der Waals surface area contributed by atoms with Gasteiger partial charge in [-0.1, -0.05) is 0 Å². The SMILES string of the molecule is C[C@@H]1CN(C(=O)CSc2ccnc3c2c(=O)n(C)c(=O)n3C)C[C@@H](C)O1. The molecule has 1 aliphatic heterocycles. The Hall–Kier alpha value is -2.13. The maximum Gasteiger partial charge on any atom is 0.332 e. The standard InChI is InChI=1S/C17H22N4O4S/c1-10-7-21(8-11(2)25-10)13(22)9-26-12-5-6-18-15-14(12)16(23)20(4)17(24)19(15)3/h5-6,10-11H,7-9H2,1-4H3/t10-,11-/m1/s1. The molecular formula is C17H22N4O4S. The number of amides is 1. The molecule has 2 atom stereocenters. The lowest BCUT2D eigenvalue weighted by atomic mass is 10.2. The molecule has 8 nitrogen and oxygen atoms in total. The van der Waals surface area contributed by atoms with Crippen molar-refractivity contribution in [1.82, 2.24) is 19.0 Å². The van der Waals surface area contributed by atoms with E-state index in [-0.39, 0.29) is 23.9 Å². The van der Waals surface area contributed by atoms with Crippen molar-refractivity contribution in [3.05, 3.63) is 33.1 Å². The fourth-order valence-electron chi connectivity index (χ4n) is 3.19. The molecule has 0 radical (unpaired) electrons. The fourth-order valence-corrected chi connectivity index (χ4v) is 4.13. The van der Waals surface area contributed by atoms with Crippen molar-refractivity contribution >= 4 is 28.7 Å². The zero-order chi connectivity index (χ0) is 19.0. The monoisotopic (exact) mass is 378 g/mol. The third-order valence-electron chi connectivity index (χ3n) is 4.43. The first kappa shape index (κ1) is 18.7. The van der Waals surface area contributed by atoms with E-state index in [2.05, 4.69) is 4.98 Å². The van der Waals surface area contributed by atoms with Crippen LogP contribution in [0, 0.1) is 0 Å². The molecule has 0 unspecified atom stereocenters. The number of carbonyl (C=O) groups is 1. The molecule has 1 saturated heterocycles. The van der Waals surface area contributed by atoms with Gasteiger partial charge in [0.2, 0.25) is 5.91 Å². The molecule has 0 aliphatic carbocycles. The van der Waals surface area contributed by atoms with E-state index in [1.165, 1.54) is 23.4 Å². The van der Waals surface area contributed by atoms with Gasteiger partial charge in [0.1, 0.15) is 5.65 Å². The largest absolute Gasteiger partial charge is 0.372 e. The number of thioether (sulfide) groups is 1. The first-order valence-electron chi connectivity index (χ1n) is 8.40. The molecule has 140 valence electrons. The predicted molar refractivity (Wildman–Crippen MR) is 99.5 cm³/mol. The quantitative estimate of drug-likeness (QED) is 0.717. The number of nitrogens with zero attached hydrogens (tertiary/aromatic N) is 4. The second kappa shape index (κ2) is 7.24. The summed E-state index contributed by atoms with van der Waals surface area (Å²) in [5, 5.41) is 0.360. The first-order valence-corrected chi connectivity index (χ1v) is 9.39. The number of aryl methyl sites for hydroxylation is 1. The number of morpholine rings is 1. The van der Waals surface area contributed by atoms with Crippen molar-refractivity contribution in [1.29, 1.82) is 0 Å². The molecule has 3 rings (SSSR count). The zero-order valence-corrected chi connectivity index (χ0v) is 16.1. The van der Waals surface area contributed by atoms with Crippen molar-refractivity contribution in [3.63, 3.8) is 0 Å². The van der Waals surface area contributed by atoms with Crippen LogP contribution in [0.2, 0.25) is 0 Å². The normalized spacial score (nSPS) is 20.5. The van der Waals surface area contributed by atoms with E-state index in [9.17, 15) is 14.4 Å². The van der Waals surface area contributed by atoms with Crippen molar-refractivity contribution in [3.8, 4) is 0 Å². The minimum Gasteiger partial charge on any atom is -0.372 e. The second-order valence-electron chi connectivity index (χ2n) is 6.56. The summed E-state index contributed by atoms with van der Waals surface area (Å²) in [6, 6.07) is 1.71. The van der Waals surface area contributed by atoms with Crippen LogP contribution in [0.4, 0.5) is 0 Å². The smallest absolute Gasteiger partial charge is 0.332 e. The van der Waals surface area contributed by atoms with Gasteiger partial charge in [0.05, 0.1) is 23.3 Å². The van der Waals surface area contributed by atoms with Crippen LogP contribution in [0.3, 0.4) is 0 Å². The molecule has 0 spiro atoms. The number of hydrogen-bond acceptors (Lipinski definition) is 6. The minimum absolute atomic E-state index is 0.00334. The van der Waals surface area contributed by atoms with Crippen LogP contribution >= 0.6 is 11.8 Å². The van der Waals surface area contributed by atoms with Crippen LogP contribution in [0.25, 0.3) is 11.0 Å². The van der Waals surface area contributed by atoms with Gasteiger partial charge in [0, 0.05) is 38.3 Å². The van der Waals surface area contributed by atoms with E-state index in [1.807, 2.05) is 13.8 Å². The Morgan fingerprint density at radius 2 is 1.88 bits per heavy atom. The Kier molecular flexibility index (Phi) is 5.19. The molecule has 26 heavy (non-hydrogen) atoms. The summed E-state index contributed by atoms with van der Waals surface area (Å²) in [4.78, 5) is 43.8. The molecular weight excluding hydrogens is 356 g/mol. The number of carbonyl (C=O) groups excluding carboxylic acids is 1. The van der Waals surface area contributed by atoms with E-state index >= 15 is 0 Å². The molecule has 2 aromatic heterocycles. The molecule has 0 N–H and O–H groups in total. The summed E-state index contributed by atoms with van der Waals surface area (Å²) in [7, 11) is 3.01. The van der Waals surface area contributed by atoms with Crippen molar-refractivity contribution < 1.29 is 9.53 Å². The van der Waals surface area contributed by atoms with Crippen molar-refractivity contribution in [2.45, 2.75) is 31.0 Å². The average molecular weight is 378 g/mol. The second-order valence-corrected chi connectivity index (χ2v) is 7.58. The Morgan fingerprint density at radius 3 is 2.54 bits per heavy atom. The fraction of sp³-hybridized carbons (Fsp3) is 0.529. The van der Waals surface area contributed by atoms with Gasteiger partial charge in [-0.25, -0.2) is 9.78 Å². The van der Waals surface area contributed by atoms with Gasteiger partial charge in [-0.3, -0.25) is 18.7 Å². The highest BCUT2D eigenvalue weighted by Crippen LogP contribution is 2.24. The topological polar surface area (TPSA) is 86.4 Å². The van der Waals surface area contributed by atoms with Gasteiger partial charge in [-0.15, -0.1) is 11.8 Å². The zero-order valence-electron chi connectivity index (χ0n) is 15.3. The minimum atomic E-state index is -0.426. The van der Waals surface area contributed by atoms with Crippen LogP contribution in [-0.2, 0) is 23.6 Å². The lowest BCUT2D eigenvalue weighted by molar-refractivity contribution is -0.140. The Bertz CT molecular complexity index is 958. The van der Waals surface area contributed by atoms with Gasteiger partial charge in [0.25, 0.3) is 5.56 Å². The van der Waals surface area contributed by atoms with E-state index in [0.29, 0.717) is 29.0 Å². The number of rotatable bonds is 3. The van der Waals surface area contributed by atoms with E-state index in [1.54, 1.807) is 24.2 Å². The van der Waals surface area contributed by atoms with E-state index in [4.69, 9.17) is 4.74 Å². The highest BCUT2D eigenvalue weighted by atomic mass is 32.2. The summed E-state index contributed by atoms with van der Waals surface area (Å²) < 4.78 is 8.05. The number of hydrogen-bond donors (Lipinski definition) is 0. The molecule has 0 aromatic carbocycles. The first-order chi connectivity index (χ1) is 12.3. The third-order valence-corrected chi connectivity index (χ3v) is 5.47. The molecule has 0 saturated carbocycles. The lowest BCUT2D eigenvalue weighted by Gasteiger charge is -2.35. The third kappa shape index (κ3) is 3.41. The predicted octanol–water partition coefficient (Wildman–Crippen LogP) is 0.360. The summed E-state index contributed by atoms with van der Waals surface area (Å²) in [5.41, 5.74) is -0.506. The Labute approximate surface area is 154 Å². The van der Waals surface area contributed by atoms with Gasteiger partial charge in [-0.2, -0.15) is 0 Å². The molecule has 1 amide bonds. The number of fused-ring (bicyclic) bond motifs is 1. The summed E-state index contributed by atoms with van der Waals surface area (Å²) in [5.74, 6) is 0.216. The van der Waals surface area contributed by atoms with Crippen LogP contribution < -0.4 is 11.2 Å². The van der Waals surface area contributed by atoms with Crippen LogP contribution in [0.5, 0.6) is 0 Å². The lowest BCUT2D eigenvalue weighted by Crippen LogP contribution is -2.48. The van der Waals surface area contributed by atoms with E-state index in [0.717, 1.165) is 4.57 Å².